The van der Waals surface area contributed by atoms with Gasteiger partial charge >= 0.3 is 0 Å². The van der Waals surface area contributed by atoms with Crippen molar-refractivity contribution < 1.29 is 4.39 Å². The van der Waals surface area contributed by atoms with Gasteiger partial charge in [-0.2, -0.15) is 5.26 Å². The zero-order chi connectivity index (χ0) is 15.4. The molecule has 0 N–H and O–H groups in total. The van der Waals surface area contributed by atoms with Crippen molar-refractivity contribution in [1.29, 1.82) is 5.26 Å². The Hall–Kier alpha value is -2.38. The van der Waals surface area contributed by atoms with Gasteiger partial charge in [0.2, 0.25) is 0 Å². The lowest BCUT2D eigenvalue weighted by Gasteiger charge is -2.36. The SMILES string of the molecule is N#Cc1c(F)cccc1N1CCN(Cc2ccccc2)CC1. The number of anilines is 1. The maximum absolute atomic E-state index is 13.7. The topological polar surface area (TPSA) is 30.3 Å². The number of nitrogens with zero attached hydrogens (tertiary/aromatic N) is 3. The first kappa shape index (κ1) is 14.6. The fourth-order valence-electron chi connectivity index (χ4n) is 2.88. The van der Waals surface area contributed by atoms with E-state index >= 15 is 0 Å². The van der Waals surface area contributed by atoms with Gasteiger partial charge in [0.1, 0.15) is 17.4 Å². The van der Waals surface area contributed by atoms with E-state index in [0.717, 1.165) is 32.7 Å². The largest absolute Gasteiger partial charge is 0.368 e. The molecule has 4 heteroatoms. The predicted octanol–water partition coefficient (Wildman–Crippen LogP) is 3.02. The molecular weight excluding hydrogens is 277 g/mol. The van der Waals surface area contributed by atoms with E-state index in [4.69, 9.17) is 5.26 Å². The number of piperazine rings is 1. The molecule has 0 spiro atoms. The molecule has 0 unspecified atom stereocenters. The second-order valence-electron chi connectivity index (χ2n) is 5.49. The second-order valence-corrected chi connectivity index (χ2v) is 5.49. The molecule has 0 aromatic heterocycles. The summed E-state index contributed by atoms with van der Waals surface area (Å²) in [6.07, 6.45) is 0. The van der Waals surface area contributed by atoms with Crippen LogP contribution in [0.5, 0.6) is 0 Å². The number of benzene rings is 2. The lowest BCUT2D eigenvalue weighted by Crippen LogP contribution is -2.46. The summed E-state index contributed by atoms with van der Waals surface area (Å²) in [5.41, 5.74) is 2.17. The molecule has 0 atom stereocenters. The highest BCUT2D eigenvalue weighted by atomic mass is 19.1. The zero-order valence-electron chi connectivity index (χ0n) is 12.4. The van der Waals surface area contributed by atoms with Crippen LogP contribution in [0.1, 0.15) is 11.1 Å². The number of hydrogen-bond donors (Lipinski definition) is 0. The summed E-state index contributed by atoms with van der Waals surface area (Å²) in [6, 6.07) is 17.2. The van der Waals surface area contributed by atoms with Gasteiger partial charge in [0.05, 0.1) is 5.69 Å². The zero-order valence-corrected chi connectivity index (χ0v) is 12.4. The van der Waals surface area contributed by atoms with Crippen LogP contribution < -0.4 is 4.90 Å². The minimum absolute atomic E-state index is 0.152. The number of halogens is 1. The minimum atomic E-state index is -0.438. The number of rotatable bonds is 3. The average Bonchev–Trinajstić information content (AvgIpc) is 2.56. The Morgan fingerprint density at radius 2 is 1.68 bits per heavy atom. The highest BCUT2D eigenvalue weighted by Crippen LogP contribution is 2.24. The maximum atomic E-state index is 13.7. The summed E-state index contributed by atoms with van der Waals surface area (Å²) in [6.45, 7) is 4.38. The van der Waals surface area contributed by atoms with Gasteiger partial charge in [-0.3, -0.25) is 4.90 Å². The molecule has 1 heterocycles. The van der Waals surface area contributed by atoms with E-state index in [9.17, 15) is 4.39 Å². The van der Waals surface area contributed by atoms with Crippen molar-refractivity contribution in [2.24, 2.45) is 0 Å². The number of nitriles is 1. The van der Waals surface area contributed by atoms with Crippen molar-refractivity contribution in [2.75, 3.05) is 31.1 Å². The molecule has 0 bridgehead atoms. The van der Waals surface area contributed by atoms with Gasteiger partial charge in [-0.15, -0.1) is 0 Å². The van der Waals surface area contributed by atoms with Crippen LogP contribution >= 0.6 is 0 Å². The van der Waals surface area contributed by atoms with E-state index in [2.05, 4.69) is 34.1 Å². The molecule has 2 aromatic carbocycles. The molecule has 0 amide bonds. The number of hydrogen-bond acceptors (Lipinski definition) is 3. The molecule has 1 saturated heterocycles. The lowest BCUT2D eigenvalue weighted by atomic mass is 10.1. The van der Waals surface area contributed by atoms with Crippen molar-refractivity contribution in [2.45, 2.75) is 6.54 Å². The molecule has 3 rings (SSSR count). The van der Waals surface area contributed by atoms with Gasteiger partial charge < -0.3 is 4.90 Å². The monoisotopic (exact) mass is 295 g/mol. The van der Waals surface area contributed by atoms with E-state index in [-0.39, 0.29) is 5.56 Å². The van der Waals surface area contributed by atoms with Gasteiger partial charge in [-0.1, -0.05) is 36.4 Å². The van der Waals surface area contributed by atoms with Crippen LogP contribution in [0, 0.1) is 17.1 Å². The van der Waals surface area contributed by atoms with Crippen molar-refractivity contribution in [3.05, 3.63) is 65.5 Å². The van der Waals surface area contributed by atoms with E-state index in [0.29, 0.717) is 5.69 Å². The molecule has 1 aliphatic rings. The summed E-state index contributed by atoms with van der Waals surface area (Å²) < 4.78 is 13.7. The molecule has 0 saturated carbocycles. The Labute approximate surface area is 130 Å². The average molecular weight is 295 g/mol. The van der Waals surface area contributed by atoms with Crippen molar-refractivity contribution in [3.63, 3.8) is 0 Å². The molecule has 22 heavy (non-hydrogen) atoms. The molecule has 0 aliphatic carbocycles. The summed E-state index contributed by atoms with van der Waals surface area (Å²) >= 11 is 0. The smallest absolute Gasteiger partial charge is 0.143 e. The van der Waals surface area contributed by atoms with Crippen LogP contribution in [0.2, 0.25) is 0 Å². The third-order valence-corrected chi connectivity index (χ3v) is 4.07. The Kier molecular flexibility index (Phi) is 4.36. The molecule has 3 nitrogen and oxygen atoms in total. The molecule has 112 valence electrons. The van der Waals surface area contributed by atoms with Gasteiger partial charge in [0.15, 0.2) is 0 Å². The van der Waals surface area contributed by atoms with E-state index in [1.165, 1.54) is 11.6 Å². The van der Waals surface area contributed by atoms with Crippen LogP contribution in [-0.4, -0.2) is 31.1 Å². The summed E-state index contributed by atoms with van der Waals surface area (Å²) in [4.78, 5) is 4.49. The normalized spacial score (nSPS) is 15.5. The second kappa shape index (κ2) is 6.59. The van der Waals surface area contributed by atoms with Gasteiger partial charge in [0, 0.05) is 32.7 Å². The van der Waals surface area contributed by atoms with Crippen LogP contribution in [0.3, 0.4) is 0 Å². The Bertz CT molecular complexity index is 670. The first-order chi connectivity index (χ1) is 10.8. The third kappa shape index (κ3) is 3.10. The fourth-order valence-corrected chi connectivity index (χ4v) is 2.88. The maximum Gasteiger partial charge on any atom is 0.143 e. The fraction of sp³-hybridized carbons (Fsp3) is 0.278. The summed E-state index contributed by atoms with van der Waals surface area (Å²) in [5, 5.41) is 9.15. The summed E-state index contributed by atoms with van der Waals surface area (Å²) in [7, 11) is 0. The first-order valence-electron chi connectivity index (χ1n) is 7.48. The van der Waals surface area contributed by atoms with Crippen LogP contribution in [0.15, 0.2) is 48.5 Å². The van der Waals surface area contributed by atoms with Crippen LogP contribution in [0.4, 0.5) is 10.1 Å². The van der Waals surface area contributed by atoms with E-state index < -0.39 is 5.82 Å². The van der Waals surface area contributed by atoms with Crippen molar-refractivity contribution >= 4 is 5.69 Å². The Balaban J connectivity index is 1.65. The third-order valence-electron chi connectivity index (χ3n) is 4.07. The Morgan fingerprint density at radius 3 is 2.36 bits per heavy atom. The van der Waals surface area contributed by atoms with E-state index in [1.807, 2.05) is 18.2 Å². The van der Waals surface area contributed by atoms with Crippen molar-refractivity contribution in [3.8, 4) is 6.07 Å². The minimum Gasteiger partial charge on any atom is -0.368 e. The molecule has 1 fully saturated rings. The van der Waals surface area contributed by atoms with E-state index in [1.54, 1.807) is 6.07 Å². The molecular formula is C18H18FN3. The Morgan fingerprint density at radius 1 is 0.955 bits per heavy atom. The summed E-state index contributed by atoms with van der Waals surface area (Å²) in [5.74, 6) is -0.438. The quantitative estimate of drug-likeness (QED) is 0.872. The highest BCUT2D eigenvalue weighted by Gasteiger charge is 2.20. The molecule has 1 aliphatic heterocycles. The van der Waals surface area contributed by atoms with Crippen LogP contribution in [0.25, 0.3) is 0 Å². The van der Waals surface area contributed by atoms with Crippen molar-refractivity contribution in [1.82, 2.24) is 4.90 Å². The molecule has 0 radical (unpaired) electrons. The standard InChI is InChI=1S/C18H18FN3/c19-17-7-4-8-18(16(17)13-20)22-11-9-21(10-12-22)14-15-5-2-1-3-6-15/h1-8H,9-12,14H2. The van der Waals surface area contributed by atoms with Gasteiger partial charge in [-0.05, 0) is 17.7 Å². The first-order valence-corrected chi connectivity index (χ1v) is 7.48. The highest BCUT2D eigenvalue weighted by molar-refractivity contribution is 5.60. The predicted molar refractivity (Wildman–Crippen MR) is 85.0 cm³/mol. The lowest BCUT2D eigenvalue weighted by molar-refractivity contribution is 0.250. The van der Waals surface area contributed by atoms with Crippen LogP contribution in [-0.2, 0) is 6.54 Å². The molecule has 2 aromatic rings. The van der Waals surface area contributed by atoms with Gasteiger partial charge in [0.25, 0.3) is 0 Å². The van der Waals surface area contributed by atoms with Gasteiger partial charge in [-0.25, -0.2) is 4.39 Å².